The van der Waals surface area contributed by atoms with Crippen LogP contribution in [0.5, 0.6) is 0 Å². The molecule has 0 aliphatic heterocycles. The van der Waals surface area contributed by atoms with Crippen molar-refractivity contribution in [2.45, 2.75) is 50.5 Å². The number of amides is 1. The summed E-state index contributed by atoms with van der Waals surface area (Å²) < 4.78 is 55.9. The molecule has 2 heterocycles. The maximum atomic E-state index is 13.7. The molecular weight excluding hydrogens is 498 g/mol. The standard InChI is InChI=1S/C27H26F2N4O3S/c1-3-16-11-18(22-14-25(33(15-34)19-5-6-19)31-27-21(22)9-10-30-27)12-17(4-2)26(16)32-37(35,36)20-7-8-23(28)24(29)13-20/h7-15,19,32H,3-6H2,1-2H3,(H,30,31). The zero-order valence-corrected chi connectivity index (χ0v) is 21.2. The maximum absolute atomic E-state index is 13.7. The van der Waals surface area contributed by atoms with Crippen molar-refractivity contribution in [2.75, 3.05) is 9.62 Å². The summed E-state index contributed by atoms with van der Waals surface area (Å²) in [5.41, 5.74) is 4.30. The number of rotatable bonds is 9. The summed E-state index contributed by atoms with van der Waals surface area (Å²) in [6.07, 6.45) is 5.51. The number of benzene rings is 2. The highest BCUT2D eigenvalue weighted by Gasteiger charge is 2.30. The van der Waals surface area contributed by atoms with Gasteiger partial charge in [-0.1, -0.05) is 13.8 Å². The lowest BCUT2D eigenvalue weighted by Gasteiger charge is -2.20. The smallest absolute Gasteiger partial charge is 0.262 e. The number of aryl methyl sites for hydroxylation is 2. The molecule has 192 valence electrons. The van der Waals surface area contributed by atoms with E-state index < -0.39 is 21.7 Å². The van der Waals surface area contributed by atoms with Crippen molar-refractivity contribution in [2.24, 2.45) is 0 Å². The Bertz CT molecular complexity index is 1590. The Balaban J connectivity index is 1.61. The number of hydrogen-bond donors (Lipinski definition) is 2. The Kier molecular flexibility index (Phi) is 6.45. The van der Waals surface area contributed by atoms with Gasteiger partial charge in [0.05, 0.1) is 10.6 Å². The minimum absolute atomic E-state index is 0.149. The SMILES string of the molecule is CCc1cc(-c2cc(N(C=O)C3CC3)nc3[nH]ccc23)cc(CC)c1NS(=O)(=O)c1ccc(F)c(F)c1. The molecule has 0 atom stereocenters. The lowest BCUT2D eigenvalue weighted by Crippen LogP contribution is -2.24. The predicted octanol–water partition coefficient (Wildman–Crippen LogP) is 5.56. The summed E-state index contributed by atoms with van der Waals surface area (Å²) in [4.78, 5) is 20.9. The van der Waals surface area contributed by atoms with E-state index in [9.17, 15) is 22.0 Å². The molecule has 10 heteroatoms. The van der Waals surface area contributed by atoms with Crippen LogP contribution in [0.3, 0.4) is 0 Å². The molecule has 0 radical (unpaired) electrons. The van der Waals surface area contributed by atoms with Crippen molar-refractivity contribution >= 4 is 39.0 Å². The van der Waals surface area contributed by atoms with Crippen molar-refractivity contribution in [1.29, 1.82) is 0 Å². The quantitative estimate of drug-likeness (QED) is 0.280. The van der Waals surface area contributed by atoms with Crippen LogP contribution in [0.2, 0.25) is 0 Å². The largest absolute Gasteiger partial charge is 0.346 e. The van der Waals surface area contributed by atoms with Gasteiger partial charge in [-0.05, 0) is 90.4 Å². The molecule has 4 aromatic rings. The number of aromatic nitrogens is 2. The van der Waals surface area contributed by atoms with E-state index >= 15 is 0 Å². The average molecular weight is 525 g/mol. The van der Waals surface area contributed by atoms with Crippen molar-refractivity contribution < 1.29 is 22.0 Å². The van der Waals surface area contributed by atoms with E-state index in [2.05, 4.69) is 14.7 Å². The van der Waals surface area contributed by atoms with Gasteiger partial charge in [-0.15, -0.1) is 0 Å². The van der Waals surface area contributed by atoms with Gasteiger partial charge in [0.1, 0.15) is 11.5 Å². The molecule has 0 saturated heterocycles. The Morgan fingerprint density at radius 2 is 1.76 bits per heavy atom. The zero-order chi connectivity index (χ0) is 26.3. The molecule has 7 nitrogen and oxygen atoms in total. The van der Waals surface area contributed by atoms with Gasteiger partial charge in [0.2, 0.25) is 6.41 Å². The monoisotopic (exact) mass is 524 g/mol. The molecule has 2 aromatic heterocycles. The third kappa shape index (κ3) is 4.69. The number of hydrogen-bond acceptors (Lipinski definition) is 4. The van der Waals surface area contributed by atoms with Crippen molar-refractivity contribution in [3.8, 4) is 11.1 Å². The van der Waals surface area contributed by atoms with Crippen LogP contribution < -0.4 is 9.62 Å². The Morgan fingerprint density at radius 1 is 1.05 bits per heavy atom. The Labute approximate surface area is 213 Å². The minimum atomic E-state index is -4.16. The van der Waals surface area contributed by atoms with Gasteiger partial charge >= 0.3 is 0 Å². The first kappa shape index (κ1) is 24.9. The van der Waals surface area contributed by atoms with E-state index in [0.29, 0.717) is 36.1 Å². The molecule has 2 aromatic carbocycles. The van der Waals surface area contributed by atoms with Gasteiger partial charge in [0.15, 0.2) is 11.6 Å². The highest BCUT2D eigenvalue weighted by molar-refractivity contribution is 7.92. The summed E-state index contributed by atoms with van der Waals surface area (Å²) in [7, 11) is -4.16. The number of fused-ring (bicyclic) bond motifs is 1. The number of nitrogens with one attached hydrogen (secondary N) is 2. The second-order valence-corrected chi connectivity index (χ2v) is 10.8. The van der Waals surface area contributed by atoms with Crippen molar-refractivity contribution in [3.05, 3.63) is 71.4 Å². The second-order valence-electron chi connectivity index (χ2n) is 9.07. The molecule has 37 heavy (non-hydrogen) atoms. The number of nitrogens with zero attached hydrogens (tertiary/aromatic N) is 2. The van der Waals surface area contributed by atoms with Crippen LogP contribution in [0.15, 0.2) is 53.6 Å². The van der Waals surface area contributed by atoms with Crippen molar-refractivity contribution in [1.82, 2.24) is 9.97 Å². The number of pyridine rings is 1. The molecule has 1 amide bonds. The predicted molar refractivity (Wildman–Crippen MR) is 139 cm³/mol. The Hall–Kier alpha value is -3.79. The number of halogens is 2. The first-order valence-corrected chi connectivity index (χ1v) is 13.6. The molecule has 0 spiro atoms. The molecule has 0 unspecified atom stereocenters. The van der Waals surface area contributed by atoms with E-state index in [1.807, 2.05) is 38.1 Å². The van der Waals surface area contributed by atoms with Gasteiger partial charge in [-0.3, -0.25) is 14.4 Å². The van der Waals surface area contributed by atoms with Gasteiger partial charge in [-0.2, -0.15) is 0 Å². The van der Waals surface area contributed by atoms with Crippen LogP contribution in [0.4, 0.5) is 20.3 Å². The number of carbonyl (C=O) groups is 1. The van der Waals surface area contributed by atoms with Gasteiger partial charge in [0, 0.05) is 17.6 Å². The number of H-pyrrole nitrogens is 1. The third-order valence-corrected chi connectivity index (χ3v) is 7.99. The summed E-state index contributed by atoms with van der Waals surface area (Å²) in [6, 6.07) is 10.3. The average Bonchev–Trinajstić information content (AvgIpc) is 3.60. The molecule has 0 bridgehead atoms. The maximum Gasteiger partial charge on any atom is 0.262 e. The van der Waals surface area contributed by atoms with E-state index in [1.54, 1.807) is 11.1 Å². The molecule has 1 aliphatic rings. The summed E-state index contributed by atoms with van der Waals surface area (Å²) in [6.45, 7) is 3.83. The van der Waals surface area contributed by atoms with Crippen LogP contribution in [0.25, 0.3) is 22.2 Å². The molecule has 1 aliphatic carbocycles. The summed E-state index contributed by atoms with van der Waals surface area (Å²) in [5.74, 6) is -1.79. The lowest BCUT2D eigenvalue weighted by molar-refractivity contribution is -0.107. The first-order valence-electron chi connectivity index (χ1n) is 12.1. The fourth-order valence-electron chi connectivity index (χ4n) is 4.52. The molecule has 2 N–H and O–H groups in total. The normalized spacial score (nSPS) is 13.6. The first-order chi connectivity index (χ1) is 17.7. The van der Waals surface area contributed by atoms with E-state index in [0.717, 1.165) is 59.0 Å². The van der Waals surface area contributed by atoms with Gasteiger partial charge in [-0.25, -0.2) is 22.2 Å². The Morgan fingerprint density at radius 3 is 2.35 bits per heavy atom. The van der Waals surface area contributed by atoms with Gasteiger partial charge in [0.25, 0.3) is 10.0 Å². The van der Waals surface area contributed by atoms with E-state index in [4.69, 9.17) is 0 Å². The number of aromatic amines is 1. The highest BCUT2D eigenvalue weighted by Crippen LogP contribution is 2.38. The molecule has 1 saturated carbocycles. The molecule has 5 rings (SSSR count). The molecular formula is C27H26F2N4O3S. The minimum Gasteiger partial charge on any atom is -0.346 e. The highest BCUT2D eigenvalue weighted by atomic mass is 32.2. The van der Waals surface area contributed by atoms with Crippen LogP contribution in [-0.4, -0.2) is 30.8 Å². The summed E-state index contributed by atoms with van der Waals surface area (Å²) >= 11 is 0. The zero-order valence-electron chi connectivity index (χ0n) is 20.4. The third-order valence-electron chi connectivity index (χ3n) is 6.65. The number of carbonyl (C=O) groups excluding carboxylic acids is 1. The number of sulfonamides is 1. The number of anilines is 2. The van der Waals surface area contributed by atoms with E-state index in [1.165, 1.54) is 0 Å². The van der Waals surface area contributed by atoms with Crippen LogP contribution in [-0.2, 0) is 27.7 Å². The summed E-state index contributed by atoms with van der Waals surface area (Å²) in [5, 5.41) is 0.879. The van der Waals surface area contributed by atoms with E-state index in [-0.39, 0.29) is 10.9 Å². The fraction of sp³-hybridized carbons (Fsp3) is 0.259. The molecule has 1 fully saturated rings. The van der Waals surface area contributed by atoms with Gasteiger partial charge < -0.3 is 4.98 Å². The van der Waals surface area contributed by atoms with Crippen LogP contribution in [0, 0.1) is 11.6 Å². The fourth-order valence-corrected chi connectivity index (χ4v) is 5.68. The second kappa shape index (κ2) is 9.59. The lowest BCUT2D eigenvalue weighted by atomic mass is 9.94. The van der Waals surface area contributed by atoms with Crippen LogP contribution >= 0.6 is 0 Å². The van der Waals surface area contributed by atoms with Crippen LogP contribution in [0.1, 0.15) is 37.8 Å². The topological polar surface area (TPSA) is 95.2 Å². The van der Waals surface area contributed by atoms with Crippen molar-refractivity contribution in [3.63, 3.8) is 0 Å².